The van der Waals surface area contributed by atoms with Crippen LogP contribution in [-0.2, 0) is 4.79 Å². The van der Waals surface area contributed by atoms with E-state index in [1.165, 1.54) is 11.3 Å². The number of carbonyl (C=O) groups excluding carboxylic acids is 2. The van der Waals surface area contributed by atoms with Gasteiger partial charge in [-0.2, -0.15) is 11.3 Å². The average molecular weight is 380 g/mol. The first-order valence-corrected chi connectivity index (χ1v) is 9.27. The molecule has 1 aromatic carbocycles. The van der Waals surface area contributed by atoms with Crippen LogP contribution in [-0.4, -0.2) is 28.3 Å². The third-order valence-corrected chi connectivity index (χ3v) is 4.62. The van der Waals surface area contributed by atoms with Crippen LogP contribution in [0.5, 0.6) is 0 Å². The van der Waals surface area contributed by atoms with Crippen molar-refractivity contribution in [2.45, 2.75) is 6.42 Å². The number of nitrogens with zero attached hydrogens (tertiary/aromatic N) is 1. The van der Waals surface area contributed by atoms with Crippen molar-refractivity contribution < 1.29 is 14.0 Å². The summed E-state index contributed by atoms with van der Waals surface area (Å²) in [5.74, 6) is 0.937. The first-order valence-electron chi connectivity index (χ1n) is 8.33. The summed E-state index contributed by atoms with van der Waals surface area (Å²) in [6.45, 7) is 0.273. The molecule has 8 heteroatoms. The van der Waals surface area contributed by atoms with Crippen molar-refractivity contribution >= 4 is 39.9 Å². The van der Waals surface area contributed by atoms with E-state index in [-0.39, 0.29) is 24.8 Å². The number of aromatic amines is 1. The van der Waals surface area contributed by atoms with Crippen LogP contribution < -0.4 is 10.6 Å². The molecule has 0 spiro atoms. The lowest BCUT2D eigenvalue weighted by atomic mass is 10.2. The second-order valence-corrected chi connectivity index (χ2v) is 6.64. The van der Waals surface area contributed by atoms with Crippen molar-refractivity contribution in [3.8, 4) is 11.6 Å². The number of rotatable bonds is 6. The lowest BCUT2D eigenvalue weighted by molar-refractivity contribution is -0.116. The van der Waals surface area contributed by atoms with Gasteiger partial charge < -0.3 is 20.0 Å². The summed E-state index contributed by atoms with van der Waals surface area (Å²) in [7, 11) is 0. The summed E-state index contributed by atoms with van der Waals surface area (Å²) in [5, 5.41) is 9.17. The molecule has 0 radical (unpaired) electrons. The molecule has 3 N–H and O–H groups in total. The van der Waals surface area contributed by atoms with Gasteiger partial charge in [0.1, 0.15) is 0 Å². The Hall–Kier alpha value is -3.39. The van der Waals surface area contributed by atoms with E-state index in [9.17, 15) is 9.59 Å². The van der Waals surface area contributed by atoms with Crippen molar-refractivity contribution in [1.29, 1.82) is 0 Å². The van der Waals surface area contributed by atoms with Gasteiger partial charge in [-0.05, 0) is 41.8 Å². The van der Waals surface area contributed by atoms with Crippen LogP contribution in [0.15, 0.2) is 57.8 Å². The maximum atomic E-state index is 12.1. The first kappa shape index (κ1) is 17.0. The number of H-pyrrole nitrogens is 1. The third kappa shape index (κ3) is 3.90. The second-order valence-electron chi connectivity index (χ2n) is 5.86. The van der Waals surface area contributed by atoms with Gasteiger partial charge in [0.2, 0.25) is 5.91 Å². The zero-order valence-electron chi connectivity index (χ0n) is 14.2. The number of anilines is 1. The molecule has 0 saturated heterocycles. The Morgan fingerprint density at radius 2 is 2.15 bits per heavy atom. The molecule has 3 heterocycles. The maximum Gasteiger partial charge on any atom is 0.252 e. The predicted molar refractivity (Wildman–Crippen MR) is 104 cm³/mol. The molecular formula is C19H16N4O3S. The van der Waals surface area contributed by atoms with Gasteiger partial charge in [-0.1, -0.05) is 0 Å². The Morgan fingerprint density at radius 1 is 1.22 bits per heavy atom. The van der Waals surface area contributed by atoms with E-state index >= 15 is 0 Å². The molecule has 0 aliphatic rings. The van der Waals surface area contributed by atoms with Crippen molar-refractivity contribution in [1.82, 2.24) is 15.3 Å². The van der Waals surface area contributed by atoms with Crippen molar-refractivity contribution in [3.05, 3.63) is 59.0 Å². The third-order valence-electron chi connectivity index (χ3n) is 3.94. The summed E-state index contributed by atoms with van der Waals surface area (Å²) in [6.07, 6.45) is 1.78. The maximum absolute atomic E-state index is 12.1. The van der Waals surface area contributed by atoms with Crippen LogP contribution >= 0.6 is 11.3 Å². The van der Waals surface area contributed by atoms with Crippen LogP contribution in [0.4, 0.5) is 5.69 Å². The second kappa shape index (κ2) is 7.46. The minimum Gasteiger partial charge on any atom is -0.461 e. The molecule has 0 saturated carbocycles. The van der Waals surface area contributed by atoms with Crippen molar-refractivity contribution in [3.63, 3.8) is 0 Å². The molecule has 3 aromatic heterocycles. The molecule has 0 atom stereocenters. The fourth-order valence-corrected chi connectivity index (χ4v) is 3.26. The predicted octanol–water partition coefficient (Wildman–Crippen LogP) is 3.64. The number of imidazole rings is 1. The molecule has 4 rings (SSSR count). The fraction of sp³-hybridized carbons (Fsp3) is 0.105. The molecule has 7 nitrogen and oxygen atoms in total. The topological polar surface area (TPSA) is 100 Å². The number of fused-ring (bicyclic) bond motifs is 1. The highest BCUT2D eigenvalue weighted by molar-refractivity contribution is 7.08. The number of hydrogen-bond acceptors (Lipinski definition) is 5. The highest BCUT2D eigenvalue weighted by atomic mass is 32.1. The van der Waals surface area contributed by atoms with E-state index < -0.39 is 0 Å². The van der Waals surface area contributed by atoms with E-state index in [1.807, 2.05) is 23.6 Å². The van der Waals surface area contributed by atoms with E-state index in [0.717, 1.165) is 11.0 Å². The number of amides is 2. The number of aromatic nitrogens is 2. The molecule has 4 aromatic rings. The Labute approximate surface area is 158 Å². The zero-order valence-corrected chi connectivity index (χ0v) is 15.0. The summed E-state index contributed by atoms with van der Waals surface area (Å²) in [5.41, 5.74) is 2.84. The molecule has 0 fully saturated rings. The van der Waals surface area contributed by atoms with Gasteiger partial charge in [-0.15, -0.1) is 0 Å². The molecule has 0 bridgehead atoms. The molecular weight excluding hydrogens is 364 g/mol. The number of nitrogens with one attached hydrogen (secondary N) is 3. The van der Waals surface area contributed by atoms with Gasteiger partial charge in [-0.25, -0.2) is 4.98 Å². The summed E-state index contributed by atoms with van der Waals surface area (Å²) in [6, 6.07) is 10.8. The highest BCUT2D eigenvalue weighted by Gasteiger charge is 2.10. The van der Waals surface area contributed by atoms with Crippen LogP contribution in [0.3, 0.4) is 0 Å². The molecule has 0 aliphatic carbocycles. The van der Waals surface area contributed by atoms with Crippen LogP contribution in [0.25, 0.3) is 22.6 Å². The molecule has 0 aliphatic heterocycles. The van der Waals surface area contributed by atoms with Crippen molar-refractivity contribution in [2.24, 2.45) is 0 Å². The number of benzene rings is 1. The highest BCUT2D eigenvalue weighted by Crippen LogP contribution is 2.23. The van der Waals surface area contributed by atoms with Gasteiger partial charge in [0.15, 0.2) is 11.6 Å². The Morgan fingerprint density at radius 3 is 2.93 bits per heavy atom. The Balaban J connectivity index is 1.35. The monoisotopic (exact) mass is 380 g/mol. The van der Waals surface area contributed by atoms with E-state index in [1.54, 1.807) is 29.8 Å². The number of hydrogen-bond donors (Lipinski definition) is 3. The van der Waals surface area contributed by atoms with E-state index in [0.29, 0.717) is 22.8 Å². The van der Waals surface area contributed by atoms with Crippen LogP contribution in [0.2, 0.25) is 0 Å². The SMILES string of the molecule is O=C(CCNC(=O)c1ccsc1)Nc1ccc2nc(-c3ccco3)[nH]c2c1. The largest absolute Gasteiger partial charge is 0.461 e. The van der Waals surface area contributed by atoms with Gasteiger partial charge >= 0.3 is 0 Å². The van der Waals surface area contributed by atoms with Crippen LogP contribution in [0, 0.1) is 0 Å². The number of thiophene rings is 1. The van der Waals surface area contributed by atoms with Crippen molar-refractivity contribution in [2.75, 3.05) is 11.9 Å². The summed E-state index contributed by atoms with van der Waals surface area (Å²) >= 11 is 1.46. The zero-order chi connectivity index (χ0) is 18.6. The van der Waals surface area contributed by atoms with E-state index in [2.05, 4.69) is 20.6 Å². The molecule has 2 amide bonds. The molecule has 27 heavy (non-hydrogen) atoms. The Kier molecular flexibility index (Phi) is 4.71. The molecule has 136 valence electrons. The van der Waals surface area contributed by atoms with Gasteiger partial charge in [0, 0.05) is 29.6 Å². The summed E-state index contributed by atoms with van der Waals surface area (Å²) in [4.78, 5) is 31.6. The smallest absolute Gasteiger partial charge is 0.252 e. The van der Waals surface area contributed by atoms with E-state index in [4.69, 9.17) is 4.42 Å². The Bertz CT molecular complexity index is 1070. The minimum atomic E-state index is -0.175. The lowest BCUT2D eigenvalue weighted by Crippen LogP contribution is -2.27. The number of carbonyl (C=O) groups is 2. The lowest BCUT2D eigenvalue weighted by Gasteiger charge is -2.06. The standard InChI is InChI=1S/C19H16N4O3S/c24-17(5-7-20-19(25)12-6-9-27-11-12)21-13-3-4-14-15(10-13)23-18(22-14)16-2-1-8-26-16/h1-4,6,8-11H,5,7H2,(H,20,25)(H,21,24)(H,22,23). The first-order chi connectivity index (χ1) is 13.2. The minimum absolute atomic E-state index is 0.173. The van der Waals surface area contributed by atoms with Crippen LogP contribution in [0.1, 0.15) is 16.8 Å². The number of furan rings is 1. The average Bonchev–Trinajstić information content (AvgIpc) is 3.40. The summed E-state index contributed by atoms with van der Waals surface area (Å²) < 4.78 is 5.34. The van der Waals surface area contributed by atoms with Gasteiger partial charge in [0.25, 0.3) is 5.91 Å². The molecule has 0 unspecified atom stereocenters. The normalized spacial score (nSPS) is 10.8. The van der Waals surface area contributed by atoms with Gasteiger partial charge in [0.05, 0.1) is 17.3 Å². The quantitative estimate of drug-likeness (QED) is 0.475. The fourth-order valence-electron chi connectivity index (χ4n) is 2.63. The van der Waals surface area contributed by atoms with Gasteiger partial charge in [-0.3, -0.25) is 9.59 Å².